The van der Waals surface area contributed by atoms with Crippen molar-refractivity contribution >= 4 is 11.2 Å². The van der Waals surface area contributed by atoms with E-state index in [2.05, 4.69) is 15.3 Å². The second-order valence-electron chi connectivity index (χ2n) is 6.58. The molecule has 0 amide bonds. The zero-order valence-corrected chi connectivity index (χ0v) is 13.1. The van der Waals surface area contributed by atoms with Gasteiger partial charge in [0.2, 0.25) is 0 Å². The topological polar surface area (TPSA) is 74.8 Å². The standard InChI is InChI=1S/C17H17N5O2/c23-17-15-16(22(20-19-15)12-4-2-1-3-5-12)18-10-21(17)9-11-8-13-6-7-14(11)24-13/h1-5,10-11,13-14H,6-9H2. The average molecular weight is 323 g/mol. The van der Waals surface area contributed by atoms with Crippen molar-refractivity contribution < 1.29 is 4.74 Å². The van der Waals surface area contributed by atoms with E-state index in [9.17, 15) is 4.79 Å². The van der Waals surface area contributed by atoms with Crippen LogP contribution < -0.4 is 5.56 Å². The lowest BCUT2D eigenvalue weighted by molar-refractivity contribution is 0.0897. The maximum atomic E-state index is 12.7. The van der Waals surface area contributed by atoms with Gasteiger partial charge >= 0.3 is 0 Å². The Balaban J connectivity index is 1.51. The molecule has 3 aromatic rings. The number of rotatable bonds is 3. The molecule has 2 aromatic heterocycles. The molecule has 0 radical (unpaired) electrons. The molecule has 0 N–H and O–H groups in total. The van der Waals surface area contributed by atoms with Gasteiger partial charge in [0, 0.05) is 12.5 Å². The molecule has 5 rings (SSSR count). The molecular formula is C17H17N5O2. The van der Waals surface area contributed by atoms with Crippen LogP contribution in [-0.4, -0.2) is 36.8 Å². The molecule has 2 saturated heterocycles. The summed E-state index contributed by atoms with van der Waals surface area (Å²) in [4.78, 5) is 17.2. The first-order valence-electron chi connectivity index (χ1n) is 8.31. The predicted octanol–water partition coefficient (Wildman–Crippen LogP) is 1.54. The normalized spacial score (nSPS) is 25.6. The van der Waals surface area contributed by atoms with E-state index in [-0.39, 0.29) is 11.7 Å². The summed E-state index contributed by atoms with van der Waals surface area (Å²) in [5.41, 5.74) is 1.51. The van der Waals surface area contributed by atoms with E-state index in [0.29, 0.717) is 29.7 Å². The molecule has 7 heteroatoms. The molecule has 2 bridgehead atoms. The first kappa shape index (κ1) is 13.9. The van der Waals surface area contributed by atoms with Gasteiger partial charge in [0.15, 0.2) is 11.2 Å². The molecule has 3 atom stereocenters. The fraction of sp³-hybridized carbons (Fsp3) is 0.412. The van der Waals surface area contributed by atoms with Crippen molar-refractivity contribution in [1.82, 2.24) is 24.5 Å². The van der Waals surface area contributed by atoms with Gasteiger partial charge in [0.25, 0.3) is 5.56 Å². The van der Waals surface area contributed by atoms with Gasteiger partial charge < -0.3 is 4.74 Å². The molecule has 0 saturated carbocycles. The number of nitrogens with zero attached hydrogens (tertiary/aromatic N) is 5. The first-order chi connectivity index (χ1) is 11.8. The zero-order valence-electron chi connectivity index (χ0n) is 13.1. The molecule has 0 spiro atoms. The SMILES string of the molecule is O=c1c2nnn(-c3ccccc3)c2ncn1CC1CC2CCC1O2. The molecular weight excluding hydrogens is 306 g/mol. The second-order valence-corrected chi connectivity index (χ2v) is 6.58. The van der Waals surface area contributed by atoms with Crippen LogP contribution >= 0.6 is 0 Å². The summed E-state index contributed by atoms with van der Waals surface area (Å²) < 4.78 is 9.13. The fourth-order valence-electron chi connectivity index (χ4n) is 3.90. The highest BCUT2D eigenvalue weighted by Crippen LogP contribution is 2.39. The van der Waals surface area contributed by atoms with E-state index < -0.39 is 0 Å². The van der Waals surface area contributed by atoms with Crippen LogP contribution in [0.2, 0.25) is 0 Å². The highest BCUT2D eigenvalue weighted by molar-refractivity contribution is 5.70. The molecule has 2 aliphatic rings. The minimum Gasteiger partial charge on any atom is -0.375 e. The maximum Gasteiger partial charge on any atom is 0.283 e. The number of fused-ring (bicyclic) bond motifs is 3. The summed E-state index contributed by atoms with van der Waals surface area (Å²) in [7, 11) is 0. The Morgan fingerprint density at radius 1 is 1.21 bits per heavy atom. The van der Waals surface area contributed by atoms with Crippen LogP contribution in [0.3, 0.4) is 0 Å². The van der Waals surface area contributed by atoms with Gasteiger partial charge in [-0.05, 0) is 31.4 Å². The summed E-state index contributed by atoms with van der Waals surface area (Å²) in [6.45, 7) is 0.640. The van der Waals surface area contributed by atoms with Gasteiger partial charge in [-0.2, -0.15) is 4.68 Å². The van der Waals surface area contributed by atoms with Gasteiger partial charge in [-0.1, -0.05) is 23.4 Å². The number of ether oxygens (including phenoxy) is 1. The van der Waals surface area contributed by atoms with Crippen LogP contribution in [0.25, 0.3) is 16.9 Å². The van der Waals surface area contributed by atoms with Gasteiger partial charge in [-0.15, -0.1) is 5.10 Å². The third kappa shape index (κ3) is 2.08. The Bertz CT molecular complexity index is 949. The molecule has 2 fully saturated rings. The number of benzene rings is 1. The maximum absolute atomic E-state index is 12.7. The van der Waals surface area contributed by atoms with Crippen molar-refractivity contribution in [1.29, 1.82) is 0 Å². The van der Waals surface area contributed by atoms with Crippen LogP contribution in [-0.2, 0) is 11.3 Å². The molecule has 122 valence electrons. The van der Waals surface area contributed by atoms with E-state index in [0.717, 1.165) is 24.9 Å². The van der Waals surface area contributed by atoms with E-state index in [1.807, 2.05) is 30.3 Å². The quantitative estimate of drug-likeness (QED) is 0.731. The van der Waals surface area contributed by atoms with E-state index in [4.69, 9.17) is 4.74 Å². The van der Waals surface area contributed by atoms with Crippen LogP contribution in [0, 0.1) is 5.92 Å². The van der Waals surface area contributed by atoms with Crippen molar-refractivity contribution in [3.8, 4) is 5.69 Å². The Labute approximate surface area is 137 Å². The smallest absolute Gasteiger partial charge is 0.283 e. The molecule has 0 aliphatic carbocycles. The zero-order chi connectivity index (χ0) is 16.1. The van der Waals surface area contributed by atoms with Crippen molar-refractivity contribution in [2.45, 2.75) is 38.0 Å². The number of aromatic nitrogens is 5. The second kappa shape index (κ2) is 5.24. The van der Waals surface area contributed by atoms with E-state index in [1.54, 1.807) is 15.6 Å². The molecule has 2 aliphatic heterocycles. The number of hydrogen-bond acceptors (Lipinski definition) is 5. The van der Waals surface area contributed by atoms with Crippen LogP contribution in [0.4, 0.5) is 0 Å². The summed E-state index contributed by atoms with van der Waals surface area (Å²) in [5.74, 6) is 0.393. The monoisotopic (exact) mass is 323 g/mol. The van der Waals surface area contributed by atoms with Gasteiger partial charge in [-0.3, -0.25) is 9.36 Å². The minimum atomic E-state index is -0.134. The fourth-order valence-corrected chi connectivity index (χ4v) is 3.90. The highest BCUT2D eigenvalue weighted by atomic mass is 16.5. The van der Waals surface area contributed by atoms with E-state index >= 15 is 0 Å². The Morgan fingerprint density at radius 3 is 2.83 bits per heavy atom. The summed E-state index contributed by atoms with van der Waals surface area (Å²) in [6.07, 6.45) is 5.57. The summed E-state index contributed by atoms with van der Waals surface area (Å²) >= 11 is 0. The lowest BCUT2D eigenvalue weighted by Gasteiger charge is -2.19. The predicted molar refractivity (Wildman–Crippen MR) is 86.9 cm³/mol. The molecule has 3 unspecified atom stereocenters. The van der Waals surface area contributed by atoms with Crippen molar-refractivity contribution in [3.05, 3.63) is 47.0 Å². The first-order valence-corrected chi connectivity index (χ1v) is 8.31. The van der Waals surface area contributed by atoms with Crippen LogP contribution in [0.5, 0.6) is 0 Å². The summed E-state index contributed by atoms with van der Waals surface area (Å²) in [5, 5.41) is 8.17. The molecule has 24 heavy (non-hydrogen) atoms. The highest BCUT2D eigenvalue weighted by Gasteiger charge is 2.40. The Kier molecular flexibility index (Phi) is 3.02. The van der Waals surface area contributed by atoms with Crippen LogP contribution in [0.15, 0.2) is 41.5 Å². The Morgan fingerprint density at radius 2 is 2.08 bits per heavy atom. The van der Waals surface area contributed by atoms with Gasteiger partial charge in [0.1, 0.15) is 6.33 Å². The van der Waals surface area contributed by atoms with Gasteiger partial charge in [-0.25, -0.2) is 4.98 Å². The molecule has 1 aromatic carbocycles. The number of para-hydroxylation sites is 1. The minimum absolute atomic E-state index is 0.134. The van der Waals surface area contributed by atoms with E-state index in [1.165, 1.54) is 0 Å². The average Bonchev–Trinajstić information content (AvgIpc) is 3.33. The van der Waals surface area contributed by atoms with Crippen LogP contribution in [0.1, 0.15) is 19.3 Å². The third-order valence-electron chi connectivity index (χ3n) is 5.09. The van der Waals surface area contributed by atoms with Crippen molar-refractivity contribution in [3.63, 3.8) is 0 Å². The molecule has 7 nitrogen and oxygen atoms in total. The number of hydrogen-bond donors (Lipinski definition) is 0. The van der Waals surface area contributed by atoms with Crippen molar-refractivity contribution in [2.24, 2.45) is 5.92 Å². The largest absolute Gasteiger partial charge is 0.375 e. The summed E-state index contributed by atoms with van der Waals surface area (Å²) in [6, 6.07) is 9.58. The Hall–Kier alpha value is -2.54. The lowest BCUT2D eigenvalue weighted by atomic mass is 9.89. The van der Waals surface area contributed by atoms with Gasteiger partial charge in [0.05, 0.1) is 17.9 Å². The van der Waals surface area contributed by atoms with Crippen molar-refractivity contribution in [2.75, 3.05) is 0 Å². The molecule has 4 heterocycles. The third-order valence-corrected chi connectivity index (χ3v) is 5.09. The lowest BCUT2D eigenvalue weighted by Crippen LogP contribution is -2.29.